The second kappa shape index (κ2) is 7.19. The van der Waals surface area contributed by atoms with Gasteiger partial charge in [-0.3, -0.25) is 0 Å². The smallest absolute Gasteiger partial charge is 0.162 e. The van der Waals surface area contributed by atoms with Gasteiger partial charge in [-0.05, 0) is 44.2 Å². The fourth-order valence-electron chi connectivity index (χ4n) is 2.84. The molecule has 1 aliphatic carbocycles. The van der Waals surface area contributed by atoms with Crippen LogP contribution in [-0.4, -0.2) is 12.7 Å². The van der Waals surface area contributed by atoms with Crippen LogP contribution in [0.15, 0.2) is 18.2 Å². The maximum absolute atomic E-state index is 8.96. The molecule has 2 rings (SSSR count). The van der Waals surface area contributed by atoms with E-state index < -0.39 is 0 Å². The lowest BCUT2D eigenvalue weighted by molar-refractivity contribution is 0.117. The van der Waals surface area contributed by atoms with E-state index in [-0.39, 0.29) is 6.10 Å². The first-order valence-corrected chi connectivity index (χ1v) is 7.60. The summed E-state index contributed by atoms with van der Waals surface area (Å²) in [5.74, 6) is 2.24. The minimum Gasteiger partial charge on any atom is -0.490 e. The molecule has 1 saturated carbocycles. The predicted octanol–water partition coefficient (Wildman–Crippen LogP) is 4.30. The fourth-order valence-corrected chi connectivity index (χ4v) is 2.84. The lowest BCUT2D eigenvalue weighted by Crippen LogP contribution is -2.25. The van der Waals surface area contributed by atoms with Gasteiger partial charge in [-0.2, -0.15) is 5.26 Å². The Morgan fingerprint density at radius 3 is 2.80 bits per heavy atom. The van der Waals surface area contributed by atoms with Crippen molar-refractivity contribution in [3.63, 3.8) is 0 Å². The summed E-state index contributed by atoms with van der Waals surface area (Å²) < 4.78 is 11.7. The minimum atomic E-state index is 0.279. The SMILES string of the molecule is CCOc1cc(C#N)ccc1OC1CCCC(CC)C1. The second-order valence-corrected chi connectivity index (χ2v) is 5.39. The second-order valence-electron chi connectivity index (χ2n) is 5.39. The number of ether oxygens (including phenoxy) is 2. The molecule has 108 valence electrons. The summed E-state index contributed by atoms with van der Waals surface area (Å²) in [5, 5.41) is 8.96. The summed E-state index contributed by atoms with van der Waals surface area (Å²) >= 11 is 0. The highest BCUT2D eigenvalue weighted by atomic mass is 16.5. The van der Waals surface area contributed by atoms with E-state index in [1.165, 1.54) is 19.3 Å². The predicted molar refractivity (Wildman–Crippen MR) is 79.0 cm³/mol. The van der Waals surface area contributed by atoms with Gasteiger partial charge in [0.15, 0.2) is 11.5 Å². The molecule has 0 amide bonds. The number of hydrogen-bond donors (Lipinski definition) is 0. The molecule has 0 N–H and O–H groups in total. The molecule has 1 fully saturated rings. The van der Waals surface area contributed by atoms with Crippen molar-refractivity contribution in [2.24, 2.45) is 5.92 Å². The highest BCUT2D eigenvalue weighted by molar-refractivity contribution is 5.46. The van der Waals surface area contributed by atoms with Crippen molar-refractivity contribution in [3.05, 3.63) is 23.8 Å². The summed E-state index contributed by atoms with van der Waals surface area (Å²) in [4.78, 5) is 0. The molecule has 0 heterocycles. The third-order valence-corrected chi connectivity index (χ3v) is 3.98. The van der Waals surface area contributed by atoms with Gasteiger partial charge in [0.05, 0.1) is 24.3 Å². The molecule has 3 nitrogen and oxygen atoms in total. The maximum Gasteiger partial charge on any atom is 0.162 e. The van der Waals surface area contributed by atoms with Crippen LogP contribution in [0.4, 0.5) is 0 Å². The van der Waals surface area contributed by atoms with Crippen LogP contribution in [0.5, 0.6) is 11.5 Å². The average molecular weight is 273 g/mol. The molecule has 2 unspecified atom stereocenters. The Labute approximate surface area is 121 Å². The zero-order chi connectivity index (χ0) is 14.4. The van der Waals surface area contributed by atoms with E-state index in [1.54, 1.807) is 12.1 Å². The largest absolute Gasteiger partial charge is 0.490 e. The van der Waals surface area contributed by atoms with Crippen molar-refractivity contribution < 1.29 is 9.47 Å². The van der Waals surface area contributed by atoms with Crippen LogP contribution in [0, 0.1) is 17.2 Å². The first-order valence-electron chi connectivity index (χ1n) is 7.60. The molecule has 1 aromatic rings. The highest BCUT2D eigenvalue weighted by Crippen LogP contribution is 2.34. The molecular formula is C17H23NO2. The molecule has 1 aliphatic rings. The maximum atomic E-state index is 8.96. The molecule has 1 aromatic carbocycles. The number of hydrogen-bond acceptors (Lipinski definition) is 3. The van der Waals surface area contributed by atoms with E-state index in [4.69, 9.17) is 14.7 Å². The molecule has 0 bridgehead atoms. The Bertz CT molecular complexity index is 478. The third kappa shape index (κ3) is 3.66. The van der Waals surface area contributed by atoms with Gasteiger partial charge in [0.25, 0.3) is 0 Å². The molecule has 20 heavy (non-hydrogen) atoms. The molecule has 0 saturated heterocycles. The summed E-state index contributed by atoms with van der Waals surface area (Å²) in [5.41, 5.74) is 0.607. The van der Waals surface area contributed by atoms with Gasteiger partial charge in [-0.15, -0.1) is 0 Å². The van der Waals surface area contributed by atoms with E-state index in [0.717, 1.165) is 24.5 Å². The molecular weight excluding hydrogens is 250 g/mol. The van der Waals surface area contributed by atoms with Gasteiger partial charge < -0.3 is 9.47 Å². The van der Waals surface area contributed by atoms with Gasteiger partial charge in [0, 0.05) is 6.07 Å². The van der Waals surface area contributed by atoms with Gasteiger partial charge in [0.1, 0.15) is 0 Å². The van der Waals surface area contributed by atoms with Crippen LogP contribution in [0.3, 0.4) is 0 Å². The summed E-state index contributed by atoms with van der Waals surface area (Å²) in [6.45, 7) is 4.77. The van der Waals surface area contributed by atoms with E-state index in [1.807, 2.05) is 13.0 Å². The zero-order valence-corrected chi connectivity index (χ0v) is 12.4. The van der Waals surface area contributed by atoms with E-state index >= 15 is 0 Å². The third-order valence-electron chi connectivity index (χ3n) is 3.98. The summed E-state index contributed by atoms with van der Waals surface area (Å²) in [6.07, 6.45) is 6.31. The van der Waals surface area contributed by atoms with Gasteiger partial charge in [-0.1, -0.05) is 19.8 Å². The van der Waals surface area contributed by atoms with Crippen LogP contribution in [0.1, 0.15) is 51.5 Å². The minimum absolute atomic E-state index is 0.279. The Morgan fingerprint density at radius 2 is 2.10 bits per heavy atom. The van der Waals surface area contributed by atoms with Crippen LogP contribution >= 0.6 is 0 Å². The summed E-state index contributed by atoms with van der Waals surface area (Å²) in [6, 6.07) is 7.55. The highest BCUT2D eigenvalue weighted by Gasteiger charge is 2.23. The standard InChI is InChI=1S/C17H23NO2/c1-3-13-6-5-7-15(10-13)20-16-9-8-14(12-18)11-17(16)19-4-2/h8-9,11,13,15H,3-7,10H2,1-2H3. The van der Waals surface area contributed by atoms with Crippen molar-refractivity contribution in [2.45, 2.75) is 52.1 Å². The topological polar surface area (TPSA) is 42.2 Å². The first-order chi connectivity index (χ1) is 9.76. The molecule has 0 spiro atoms. The molecule has 3 heteroatoms. The Hall–Kier alpha value is -1.69. The number of benzene rings is 1. The van der Waals surface area contributed by atoms with Crippen molar-refractivity contribution in [3.8, 4) is 17.6 Å². The van der Waals surface area contributed by atoms with Gasteiger partial charge in [0.2, 0.25) is 0 Å². The van der Waals surface area contributed by atoms with Crippen LogP contribution in [0.2, 0.25) is 0 Å². The Balaban J connectivity index is 2.09. The molecule has 0 aromatic heterocycles. The normalized spacial score (nSPS) is 22.1. The quantitative estimate of drug-likeness (QED) is 0.803. The average Bonchev–Trinajstić information content (AvgIpc) is 2.49. The molecule has 2 atom stereocenters. The van der Waals surface area contributed by atoms with Crippen molar-refractivity contribution in [2.75, 3.05) is 6.61 Å². The van der Waals surface area contributed by atoms with Crippen molar-refractivity contribution >= 4 is 0 Å². The lowest BCUT2D eigenvalue weighted by Gasteiger charge is -2.29. The number of nitrogens with zero attached hydrogens (tertiary/aromatic N) is 1. The summed E-state index contributed by atoms with van der Waals surface area (Å²) in [7, 11) is 0. The lowest BCUT2D eigenvalue weighted by atomic mass is 9.85. The van der Waals surface area contributed by atoms with Crippen LogP contribution in [0.25, 0.3) is 0 Å². The van der Waals surface area contributed by atoms with Crippen molar-refractivity contribution in [1.82, 2.24) is 0 Å². The van der Waals surface area contributed by atoms with Gasteiger partial charge in [-0.25, -0.2) is 0 Å². The molecule has 0 aliphatic heterocycles. The first kappa shape index (κ1) is 14.7. The van der Waals surface area contributed by atoms with E-state index in [0.29, 0.717) is 17.9 Å². The van der Waals surface area contributed by atoms with E-state index in [9.17, 15) is 0 Å². The fraction of sp³-hybridized carbons (Fsp3) is 0.588. The molecule has 0 radical (unpaired) electrons. The number of rotatable bonds is 5. The Kier molecular flexibility index (Phi) is 5.29. The van der Waals surface area contributed by atoms with Crippen molar-refractivity contribution in [1.29, 1.82) is 5.26 Å². The van der Waals surface area contributed by atoms with Gasteiger partial charge >= 0.3 is 0 Å². The number of nitriles is 1. The van der Waals surface area contributed by atoms with E-state index in [2.05, 4.69) is 13.0 Å². The Morgan fingerprint density at radius 1 is 1.25 bits per heavy atom. The van der Waals surface area contributed by atoms with Crippen LogP contribution in [-0.2, 0) is 0 Å². The van der Waals surface area contributed by atoms with Crippen LogP contribution < -0.4 is 9.47 Å². The zero-order valence-electron chi connectivity index (χ0n) is 12.4. The monoisotopic (exact) mass is 273 g/mol.